The number of benzene rings is 1. The number of aliphatic hydroxyl groups is 1. The Hall–Kier alpha value is -1.23. The van der Waals surface area contributed by atoms with Crippen LogP contribution < -0.4 is 0 Å². The zero-order chi connectivity index (χ0) is 16.2. The van der Waals surface area contributed by atoms with E-state index >= 15 is 0 Å². The minimum absolute atomic E-state index is 0.0221. The quantitative estimate of drug-likeness (QED) is 0.875. The summed E-state index contributed by atoms with van der Waals surface area (Å²) in [6, 6.07) is 9.27. The highest BCUT2D eigenvalue weighted by Crippen LogP contribution is 2.30. The molecule has 1 aliphatic rings. The van der Waals surface area contributed by atoms with Crippen LogP contribution in [0.25, 0.3) is 0 Å². The summed E-state index contributed by atoms with van der Waals surface area (Å²) >= 11 is 0. The summed E-state index contributed by atoms with van der Waals surface area (Å²) in [5.74, 6) is -0.629. The van der Waals surface area contributed by atoms with Gasteiger partial charge in [0.2, 0.25) is 0 Å². The summed E-state index contributed by atoms with van der Waals surface area (Å²) in [6.07, 6.45) is 1.33. The Morgan fingerprint density at radius 3 is 2.55 bits per heavy atom. The first-order chi connectivity index (χ1) is 10.4. The molecule has 1 aliphatic heterocycles. The SMILES string of the molecule is CC[C@@H]1C[C@H](CC(=O)C[C@H](O)c2ccccc2)OC(C)(C)O1. The average molecular weight is 306 g/mol. The van der Waals surface area contributed by atoms with Gasteiger partial charge in [-0.15, -0.1) is 0 Å². The number of rotatable bonds is 6. The maximum Gasteiger partial charge on any atom is 0.163 e. The van der Waals surface area contributed by atoms with Crippen molar-refractivity contribution in [2.75, 3.05) is 0 Å². The average Bonchev–Trinajstić information content (AvgIpc) is 2.46. The van der Waals surface area contributed by atoms with Crippen molar-refractivity contribution in [3.63, 3.8) is 0 Å². The number of hydrogen-bond donors (Lipinski definition) is 1. The Morgan fingerprint density at radius 2 is 1.91 bits per heavy atom. The predicted molar refractivity (Wildman–Crippen MR) is 84.4 cm³/mol. The summed E-state index contributed by atoms with van der Waals surface area (Å²) in [4.78, 5) is 12.2. The topological polar surface area (TPSA) is 55.8 Å². The number of hydrogen-bond acceptors (Lipinski definition) is 4. The fourth-order valence-corrected chi connectivity index (χ4v) is 2.94. The van der Waals surface area contributed by atoms with Crippen LogP contribution in [0.3, 0.4) is 0 Å². The Kier molecular flexibility index (Phi) is 5.73. The zero-order valence-electron chi connectivity index (χ0n) is 13.6. The fraction of sp³-hybridized carbons (Fsp3) is 0.611. The van der Waals surface area contributed by atoms with Crippen LogP contribution in [0.4, 0.5) is 0 Å². The smallest absolute Gasteiger partial charge is 0.163 e. The number of carbonyl (C=O) groups excluding carboxylic acids is 1. The van der Waals surface area contributed by atoms with Gasteiger partial charge < -0.3 is 14.6 Å². The lowest BCUT2D eigenvalue weighted by Gasteiger charge is -2.40. The van der Waals surface area contributed by atoms with Crippen LogP contribution in [0, 0.1) is 0 Å². The van der Waals surface area contributed by atoms with E-state index in [-0.39, 0.29) is 24.4 Å². The highest BCUT2D eigenvalue weighted by Gasteiger charge is 2.35. The first kappa shape index (κ1) is 17.1. The van der Waals surface area contributed by atoms with Gasteiger partial charge in [0.15, 0.2) is 5.79 Å². The van der Waals surface area contributed by atoms with Gasteiger partial charge in [-0.25, -0.2) is 0 Å². The van der Waals surface area contributed by atoms with Crippen molar-refractivity contribution in [3.05, 3.63) is 35.9 Å². The van der Waals surface area contributed by atoms with Gasteiger partial charge in [0.1, 0.15) is 5.78 Å². The molecule has 22 heavy (non-hydrogen) atoms. The molecule has 1 N–H and O–H groups in total. The molecular weight excluding hydrogens is 280 g/mol. The number of ketones is 1. The third-order valence-corrected chi connectivity index (χ3v) is 3.94. The number of aliphatic hydroxyl groups excluding tert-OH is 1. The van der Waals surface area contributed by atoms with Crippen LogP contribution in [0.1, 0.15) is 58.1 Å². The lowest BCUT2D eigenvalue weighted by molar-refractivity contribution is -0.299. The largest absolute Gasteiger partial charge is 0.388 e. The number of Topliss-reactive ketones (excluding diaryl/α,β-unsaturated/α-hetero) is 1. The van der Waals surface area contributed by atoms with Crippen molar-refractivity contribution < 1.29 is 19.4 Å². The molecule has 0 amide bonds. The Morgan fingerprint density at radius 1 is 1.27 bits per heavy atom. The molecule has 0 unspecified atom stereocenters. The lowest BCUT2D eigenvalue weighted by Crippen LogP contribution is -2.45. The second-order valence-electron chi connectivity index (χ2n) is 6.40. The summed E-state index contributed by atoms with van der Waals surface area (Å²) < 4.78 is 11.6. The molecule has 3 atom stereocenters. The maximum atomic E-state index is 12.2. The van der Waals surface area contributed by atoms with Gasteiger partial charge in [-0.3, -0.25) is 4.79 Å². The van der Waals surface area contributed by atoms with E-state index in [9.17, 15) is 9.90 Å². The lowest BCUT2D eigenvalue weighted by atomic mass is 9.97. The van der Waals surface area contributed by atoms with E-state index in [0.29, 0.717) is 6.42 Å². The number of ether oxygens (including phenoxy) is 2. The van der Waals surface area contributed by atoms with Gasteiger partial charge >= 0.3 is 0 Å². The van der Waals surface area contributed by atoms with E-state index in [1.807, 2.05) is 44.2 Å². The Balaban J connectivity index is 1.88. The molecule has 0 aliphatic carbocycles. The van der Waals surface area contributed by atoms with E-state index in [2.05, 4.69) is 6.92 Å². The molecule has 4 nitrogen and oxygen atoms in total. The predicted octanol–water partition coefficient (Wildman–Crippen LogP) is 3.39. The minimum atomic E-state index is -0.747. The molecule has 1 heterocycles. The van der Waals surface area contributed by atoms with E-state index in [0.717, 1.165) is 18.4 Å². The van der Waals surface area contributed by atoms with Crippen molar-refractivity contribution in [1.82, 2.24) is 0 Å². The molecule has 0 spiro atoms. The Labute approximate surface area is 132 Å². The van der Waals surface area contributed by atoms with Gasteiger partial charge in [-0.05, 0) is 25.8 Å². The van der Waals surface area contributed by atoms with Crippen LogP contribution in [-0.4, -0.2) is 28.9 Å². The first-order valence-electron chi connectivity index (χ1n) is 8.00. The second kappa shape index (κ2) is 7.36. The van der Waals surface area contributed by atoms with Gasteiger partial charge in [0.25, 0.3) is 0 Å². The molecule has 4 heteroatoms. The van der Waals surface area contributed by atoms with Gasteiger partial charge in [-0.1, -0.05) is 37.3 Å². The monoisotopic (exact) mass is 306 g/mol. The molecular formula is C18H26O4. The molecule has 1 aromatic rings. The van der Waals surface area contributed by atoms with Gasteiger partial charge in [0.05, 0.1) is 18.3 Å². The summed E-state index contributed by atoms with van der Waals surface area (Å²) in [5.41, 5.74) is 0.774. The third kappa shape index (κ3) is 4.90. The molecule has 0 aromatic heterocycles. The molecule has 1 fully saturated rings. The molecule has 1 saturated heterocycles. The molecule has 0 radical (unpaired) electrons. The molecule has 0 bridgehead atoms. The molecule has 122 valence electrons. The summed E-state index contributed by atoms with van der Waals surface area (Å²) in [5, 5.41) is 10.1. The van der Waals surface area contributed by atoms with Crippen molar-refractivity contribution in [3.8, 4) is 0 Å². The Bertz CT molecular complexity index is 483. The molecule has 0 saturated carbocycles. The van der Waals surface area contributed by atoms with Crippen LogP contribution in [0.2, 0.25) is 0 Å². The minimum Gasteiger partial charge on any atom is -0.388 e. The van der Waals surface area contributed by atoms with E-state index < -0.39 is 11.9 Å². The van der Waals surface area contributed by atoms with Crippen molar-refractivity contribution in [1.29, 1.82) is 0 Å². The van der Waals surface area contributed by atoms with E-state index in [4.69, 9.17) is 9.47 Å². The third-order valence-electron chi connectivity index (χ3n) is 3.94. The highest BCUT2D eigenvalue weighted by atomic mass is 16.7. The van der Waals surface area contributed by atoms with Crippen LogP contribution in [-0.2, 0) is 14.3 Å². The van der Waals surface area contributed by atoms with Crippen LogP contribution in [0.15, 0.2) is 30.3 Å². The fourth-order valence-electron chi connectivity index (χ4n) is 2.94. The molecule has 1 aromatic carbocycles. The van der Waals surface area contributed by atoms with Crippen molar-refractivity contribution in [2.45, 2.75) is 70.6 Å². The normalized spacial score (nSPS) is 25.6. The highest BCUT2D eigenvalue weighted by molar-refractivity contribution is 5.79. The maximum absolute atomic E-state index is 12.2. The van der Waals surface area contributed by atoms with Gasteiger partial charge in [0, 0.05) is 19.3 Å². The molecule has 2 rings (SSSR count). The van der Waals surface area contributed by atoms with Crippen LogP contribution >= 0.6 is 0 Å². The van der Waals surface area contributed by atoms with Crippen LogP contribution in [0.5, 0.6) is 0 Å². The van der Waals surface area contributed by atoms with Gasteiger partial charge in [-0.2, -0.15) is 0 Å². The van der Waals surface area contributed by atoms with E-state index in [1.165, 1.54) is 0 Å². The summed E-state index contributed by atoms with van der Waals surface area (Å²) in [7, 11) is 0. The second-order valence-corrected chi connectivity index (χ2v) is 6.40. The van der Waals surface area contributed by atoms with E-state index in [1.54, 1.807) is 0 Å². The van der Waals surface area contributed by atoms with Crippen molar-refractivity contribution >= 4 is 5.78 Å². The van der Waals surface area contributed by atoms with Crippen molar-refractivity contribution in [2.24, 2.45) is 0 Å². The first-order valence-corrected chi connectivity index (χ1v) is 8.00. The standard InChI is InChI=1S/C18H26O4/c1-4-15-12-16(22-18(2,3)21-15)10-14(19)11-17(20)13-8-6-5-7-9-13/h5-9,15-17,20H,4,10-12H2,1-3H3/t15-,16+,17+/m1/s1. The number of carbonyl (C=O) groups is 1. The zero-order valence-corrected chi connectivity index (χ0v) is 13.6. The summed E-state index contributed by atoms with van der Waals surface area (Å²) in [6.45, 7) is 5.83.